The number of hydrogen-bond donors (Lipinski definition) is 3. The second kappa shape index (κ2) is 3.74. The number of nitrogens with zero attached hydrogens (tertiary/aromatic N) is 4. The summed E-state index contributed by atoms with van der Waals surface area (Å²) in [6.07, 6.45) is 1.65. The van der Waals surface area contributed by atoms with Gasteiger partial charge in [0.2, 0.25) is 17.8 Å². The van der Waals surface area contributed by atoms with E-state index >= 15 is 0 Å². The van der Waals surface area contributed by atoms with Crippen molar-refractivity contribution in [3.05, 3.63) is 24.4 Å². The van der Waals surface area contributed by atoms with Crippen molar-refractivity contribution in [2.45, 2.75) is 0 Å². The van der Waals surface area contributed by atoms with Crippen molar-refractivity contribution in [1.82, 2.24) is 19.9 Å². The first-order valence-electron chi connectivity index (χ1n) is 4.19. The summed E-state index contributed by atoms with van der Waals surface area (Å²) in [7, 11) is 0. The van der Waals surface area contributed by atoms with Crippen molar-refractivity contribution in [1.29, 1.82) is 0 Å². The van der Waals surface area contributed by atoms with E-state index in [0.717, 1.165) is 0 Å². The van der Waals surface area contributed by atoms with Crippen LogP contribution in [0, 0.1) is 0 Å². The van der Waals surface area contributed by atoms with Crippen LogP contribution in [0.5, 0.6) is 0 Å². The number of nitrogens with two attached hydrogens (primary N) is 2. The number of anilines is 4. The van der Waals surface area contributed by atoms with E-state index in [2.05, 4.69) is 25.3 Å². The lowest BCUT2D eigenvalue weighted by molar-refractivity contribution is 1.08. The summed E-state index contributed by atoms with van der Waals surface area (Å²) >= 11 is 0. The van der Waals surface area contributed by atoms with Crippen molar-refractivity contribution in [3.63, 3.8) is 0 Å². The van der Waals surface area contributed by atoms with Crippen LogP contribution in [0.2, 0.25) is 0 Å². The van der Waals surface area contributed by atoms with Crippen LogP contribution in [0.3, 0.4) is 0 Å². The van der Waals surface area contributed by atoms with Gasteiger partial charge in [-0.15, -0.1) is 0 Å². The van der Waals surface area contributed by atoms with Gasteiger partial charge in [-0.3, -0.25) is 0 Å². The maximum atomic E-state index is 5.41. The van der Waals surface area contributed by atoms with Crippen LogP contribution >= 0.6 is 0 Å². The highest BCUT2D eigenvalue weighted by molar-refractivity contribution is 5.49. The summed E-state index contributed by atoms with van der Waals surface area (Å²) in [5.41, 5.74) is 10.8. The maximum absolute atomic E-state index is 5.41. The third kappa shape index (κ3) is 2.27. The average molecular weight is 203 g/mol. The predicted molar refractivity (Wildman–Crippen MR) is 56.2 cm³/mol. The first kappa shape index (κ1) is 9.13. The molecule has 0 saturated heterocycles. The molecule has 0 bridgehead atoms. The molecule has 7 nitrogen and oxygen atoms in total. The quantitative estimate of drug-likeness (QED) is 0.637. The van der Waals surface area contributed by atoms with Gasteiger partial charge in [0.1, 0.15) is 5.82 Å². The van der Waals surface area contributed by atoms with Gasteiger partial charge in [-0.25, -0.2) is 4.98 Å². The van der Waals surface area contributed by atoms with E-state index < -0.39 is 0 Å². The summed E-state index contributed by atoms with van der Waals surface area (Å²) in [4.78, 5) is 15.4. The molecule has 2 heterocycles. The molecule has 0 aromatic carbocycles. The second-order valence-electron chi connectivity index (χ2n) is 2.72. The minimum Gasteiger partial charge on any atom is -0.368 e. The molecule has 0 amide bonds. The molecular formula is C8H9N7. The molecule has 5 N–H and O–H groups in total. The molecule has 2 aromatic heterocycles. The monoisotopic (exact) mass is 203 g/mol. The van der Waals surface area contributed by atoms with Gasteiger partial charge in [0.05, 0.1) is 0 Å². The molecule has 76 valence electrons. The highest BCUT2D eigenvalue weighted by atomic mass is 15.2. The number of rotatable bonds is 2. The fourth-order valence-corrected chi connectivity index (χ4v) is 1.02. The summed E-state index contributed by atoms with van der Waals surface area (Å²) in [5, 5.41) is 2.85. The Hall–Kier alpha value is -2.44. The first-order chi connectivity index (χ1) is 7.24. The highest BCUT2D eigenvalue weighted by Gasteiger charge is 2.01. The summed E-state index contributed by atoms with van der Waals surface area (Å²) < 4.78 is 0. The number of hydrogen-bond acceptors (Lipinski definition) is 7. The Labute approximate surface area is 85.6 Å². The Morgan fingerprint density at radius 2 is 1.73 bits per heavy atom. The molecule has 0 fully saturated rings. The number of pyridine rings is 1. The molecule has 0 radical (unpaired) electrons. The zero-order valence-electron chi connectivity index (χ0n) is 7.75. The minimum atomic E-state index is 0.0703. The highest BCUT2D eigenvalue weighted by Crippen LogP contribution is 2.10. The molecule has 7 heteroatoms. The third-order valence-electron chi connectivity index (χ3n) is 1.57. The van der Waals surface area contributed by atoms with E-state index in [9.17, 15) is 0 Å². The smallest absolute Gasteiger partial charge is 0.234 e. The van der Waals surface area contributed by atoms with Crippen LogP contribution in [0.1, 0.15) is 0 Å². The van der Waals surface area contributed by atoms with Crippen molar-refractivity contribution < 1.29 is 0 Å². The Balaban J connectivity index is 2.25. The van der Waals surface area contributed by atoms with Crippen LogP contribution in [-0.2, 0) is 0 Å². The fourth-order valence-electron chi connectivity index (χ4n) is 1.02. The summed E-state index contributed by atoms with van der Waals surface area (Å²) in [6, 6.07) is 5.42. The lowest BCUT2D eigenvalue weighted by Crippen LogP contribution is -2.06. The number of aromatic nitrogens is 4. The molecule has 0 saturated carbocycles. The van der Waals surface area contributed by atoms with Crippen molar-refractivity contribution in [2.24, 2.45) is 0 Å². The van der Waals surface area contributed by atoms with Crippen LogP contribution in [0.25, 0.3) is 0 Å². The summed E-state index contributed by atoms with van der Waals surface area (Å²) in [6.45, 7) is 0. The second-order valence-corrected chi connectivity index (χ2v) is 2.72. The van der Waals surface area contributed by atoms with Crippen molar-refractivity contribution in [2.75, 3.05) is 16.8 Å². The molecule has 0 aliphatic heterocycles. The van der Waals surface area contributed by atoms with E-state index in [1.54, 1.807) is 18.3 Å². The van der Waals surface area contributed by atoms with E-state index in [-0.39, 0.29) is 17.8 Å². The van der Waals surface area contributed by atoms with Gasteiger partial charge in [-0.2, -0.15) is 15.0 Å². The average Bonchev–Trinajstić information content (AvgIpc) is 2.17. The fraction of sp³-hybridized carbons (Fsp3) is 0. The molecule has 0 unspecified atom stereocenters. The number of nitrogen functional groups attached to an aromatic ring is 2. The lowest BCUT2D eigenvalue weighted by atomic mass is 10.5. The van der Waals surface area contributed by atoms with Crippen LogP contribution in [-0.4, -0.2) is 19.9 Å². The minimum absolute atomic E-state index is 0.0703. The Bertz CT molecular complexity index is 436. The predicted octanol–water partition coefficient (Wildman–Crippen LogP) is 0.175. The van der Waals surface area contributed by atoms with Crippen molar-refractivity contribution in [3.8, 4) is 0 Å². The largest absolute Gasteiger partial charge is 0.368 e. The van der Waals surface area contributed by atoms with Crippen LogP contribution in [0.15, 0.2) is 24.4 Å². The molecule has 0 aliphatic carbocycles. The zero-order chi connectivity index (χ0) is 10.7. The number of nitrogens with one attached hydrogen (secondary N) is 1. The molecular weight excluding hydrogens is 194 g/mol. The Morgan fingerprint density at radius 1 is 1.00 bits per heavy atom. The van der Waals surface area contributed by atoms with Crippen LogP contribution < -0.4 is 16.8 Å². The first-order valence-corrected chi connectivity index (χ1v) is 4.19. The standard InChI is InChI=1S/C8H9N7/c9-6-13-7(10)15-8(14-6)12-5-3-1-2-4-11-5/h1-4H,(H5,9,10,11,12,13,14,15). The molecule has 2 aromatic rings. The lowest BCUT2D eigenvalue weighted by Gasteiger charge is -2.03. The van der Waals surface area contributed by atoms with E-state index in [1.165, 1.54) is 0 Å². The van der Waals surface area contributed by atoms with Gasteiger partial charge in [0, 0.05) is 6.20 Å². The van der Waals surface area contributed by atoms with Gasteiger partial charge < -0.3 is 16.8 Å². The molecule has 0 spiro atoms. The molecule has 2 rings (SSSR count). The van der Waals surface area contributed by atoms with E-state index in [0.29, 0.717) is 5.82 Å². The Kier molecular flexibility index (Phi) is 2.28. The van der Waals surface area contributed by atoms with Gasteiger partial charge in [-0.05, 0) is 12.1 Å². The topological polar surface area (TPSA) is 116 Å². The SMILES string of the molecule is Nc1nc(N)nc(Nc2ccccn2)n1. The summed E-state index contributed by atoms with van der Waals surface area (Å²) in [5.74, 6) is 1.03. The van der Waals surface area contributed by atoms with Gasteiger partial charge in [0.25, 0.3) is 0 Å². The van der Waals surface area contributed by atoms with E-state index in [1.807, 2.05) is 6.07 Å². The van der Waals surface area contributed by atoms with Gasteiger partial charge in [0.15, 0.2) is 0 Å². The molecule has 0 atom stereocenters. The van der Waals surface area contributed by atoms with Crippen LogP contribution in [0.4, 0.5) is 23.7 Å². The van der Waals surface area contributed by atoms with Gasteiger partial charge >= 0.3 is 0 Å². The third-order valence-corrected chi connectivity index (χ3v) is 1.57. The van der Waals surface area contributed by atoms with Gasteiger partial charge in [-0.1, -0.05) is 6.07 Å². The Morgan fingerprint density at radius 3 is 2.33 bits per heavy atom. The molecule has 0 aliphatic rings. The van der Waals surface area contributed by atoms with E-state index in [4.69, 9.17) is 11.5 Å². The normalized spacial score (nSPS) is 9.87. The van der Waals surface area contributed by atoms with Crippen molar-refractivity contribution >= 4 is 23.7 Å². The maximum Gasteiger partial charge on any atom is 0.234 e. The molecule has 15 heavy (non-hydrogen) atoms. The zero-order valence-corrected chi connectivity index (χ0v) is 7.75.